The monoisotopic (exact) mass is 258 g/mol. The SMILES string of the molecule is COc1ccc(Oc2nc(C)cc(C(=N)N)n2)cc1. The third-order valence-electron chi connectivity index (χ3n) is 2.38. The van der Waals surface area contributed by atoms with Crippen LogP contribution in [0.1, 0.15) is 11.4 Å². The van der Waals surface area contributed by atoms with Crippen LogP contribution in [0.2, 0.25) is 0 Å². The summed E-state index contributed by atoms with van der Waals surface area (Å²) in [4.78, 5) is 8.19. The summed E-state index contributed by atoms with van der Waals surface area (Å²) in [6.45, 7) is 1.79. The van der Waals surface area contributed by atoms with E-state index < -0.39 is 0 Å². The van der Waals surface area contributed by atoms with E-state index in [2.05, 4.69) is 9.97 Å². The van der Waals surface area contributed by atoms with Crippen LogP contribution in [0.3, 0.4) is 0 Å². The highest BCUT2D eigenvalue weighted by atomic mass is 16.5. The van der Waals surface area contributed by atoms with Gasteiger partial charge < -0.3 is 15.2 Å². The molecule has 0 saturated carbocycles. The Labute approximate surface area is 110 Å². The molecule has 19 heavy (non-hydrogen) atoms. The average Bonchev–Trinajstić information content (AvgIpc) is 2.39. The number of aryl methyl sites for hydroxylation is 1. The molecular weight excluding hydrogens is 244 g/mol. The van der Waals surface area contributed by atoms with Crippen LogP contribution in [0.25, 0.3) is 0 Å². The van der Waals surface area contributed by atoms with Crippen molar-refractivity contribution in [1.82, 2.24) is 9.97 Å². The fraction of sp³-hybridized carbons (Fsp3) is 0.154. The number of nitrogens with zero attached hydrogens (tertiary/aromatic N) is 2. The van der Waals surface area contributed by atoms with Crippen LogP contribution in [-0.4, -0.2) is 22.9 Å². The van der Waals surface area contributed by atoms with Gasteiger partial charge in [0.15, 0.2) is 0 Å². The second kappa shape index (κ2) is 5.34. The molecule has 98 valence electrons. The van der Waals surface area contributed by atoms with Crippen LogP contribution < -0.4 is 15.2 Å². The predicted molar refractivity (Wildman–Crippen MR) is 70.9 cm³/mol. The molecule has 0 radical (unpaired) electrons. The Kier molecular flexibility index (Phi) is 3.61. The van der Waals surface area contributed by atoms with Gasteiger partial charge in [-0.25, -0.2) is 4.98 Å². The van der Waals surface area contributed by atoms with Gasteiger partial charge in [-0.2, -0.15) is 4.98 Å². The van der Waals surface area contributed by atoms with Crippen LogP contribution in [-0.2, 0) is 0 Å². The lowest BCUT2D eigenvalue weighted by Gasteiger charge is -2.07. The van der Waals surface area contributed by atoms with E-state index >= 15 is 0 Å². The molecular formula is C13H14N4O2. The molecule has 1 heterocycles. The molecule has 0 aliphatic rings. The maximum absolute atomic E-state index is 7.38. The van der Waals surface area contributed by atoms with Crippen LogP contribution in [0.5, 0.6) is 17.5 Å². The number of hydrogen-bond donors (Lipinski definition) is 2. The Hall–Kier alpha value is -2.63. The molecule has 0 amide bonds. The second-order valence-electron chi connectivity index (χ2n) is 3.87. The van der Waals surface area contributed by atoms with Gasteiger partial charge in [-0.1, -0.05) is 0 Å². The molecule has 1 aromatic heterocycles. The lowest BCUT2D eigenvalue weighted by molar-refractivity contribution is 0.410. The predicted octanol–water partition coefficient (Wildman–Crippen LogP) is 1.87. The van der Waals surface area contributed by atoms with Crippen LogP contribution >= 0.6 is 0 Å². The Bertz CT molecular complexity index is 596. The molecule has 2 aromatic rings. The topological polar surface area (TPSA) is 94.1 Å². The largest absolute Gasteiger partial charge is 0.497 e. The van der Waals surface area contributed by atoms with Crippen LogP contribution in [0, 0.1) is 12.3 Å². The Morgan fingerprint density at radius 3 is 2.37 bits per heavy atom. The summed E-state index contributed by atoms with van der Waals surface area (Å²) >= 11 is 0. The van der Waals surface area contributed by atoms with Crippen molar-refractivity contribution >= 4 is 5.84 Å². The number of aromatic nitrogens is 2. The van der Waals surface area contributed by atoms with Crippen molar-refractivity contribution in [1.29, 1.82) is 5.41 Å². The summed E-state index contributed by atoms with van der Waals surface area (Å²) in [6, 6.07) is 8.84. The Balaban J connectivity index is 2.24. The van der Waals surface area contributed by atoms with Gasteiger partial charge in [0, 0.05) is 5.69 Å². The summed E-state index contributed by atoms with van der Waals surface area (Å²) in [6.07, 6.45) is 0. The van der Waals surface area contributed by atoms with Gasteiger partial charge >= 0.3 is 6.01 Å². The third-order valence-corrected chi connectivity index (χ3v) is 2.38. The zero-order valence-corrected chi connectivity index (χ0v) is 10.7. The lowest BCUT2D eigenvalue weighted by atomic mass is 10.3. The zero-order chi connectivity index (χ0) is 13.8. The minimum atomic E-state index is -0.120. The Morgan fingerprint density at radius 1 is 1.16 bits per heavy atom. The van der Waals surface area contributed by atoms with E-state index in [1.54, 1.807) is 44.4 Å². The highest BCUT2D eigenvalue weighted by Crippen LogP contribution is 2.21. The van der Waals surface area contributed by atoms with Gasteiger partial charge in [-0.15, -0.1) is 0 Å². The molecule has 0 fully saturated rings. The van der Waals surface area contributed by atoms with Crippen LogP contribution in [0.4, 0.5) is 0 Å². The first-order valence-electron chi connectivity index (χ1n) is 5.60. The number of benzene rings is 1. The number of methoxy groups -OCH3 is 1. The first-order valence-corrected chi connectivity index (χ1v) is 5.60. The molecule has 6 nitrogen and oxygen atoms in total. The number of amidine groups is 1. The number of nitrogen functional groups attached to an aromatic ring is 1. The summed E-state index contributed by atoms with van der Waals surface area (Å²) in [5, 5.41) is 7.38. The van der Waals surface area contributed by atoms with Crippen molar-refractivity contribution < 1.29 is 9.47 Å². The molecule has 0 atom stereocenters. The molecule has 0 unspecified atom stereocenters. The highest BCUT2D eigenvalue weighted by molar-refractivity contribution is 5.93. The normalized spacial score (nSPS) is 10.0. The first kappa shape index (κ1) is 12.8. The van der Waals surface area contributed by atoms with E-state index in [9.17, 15) is 0 Å². The van der Waals surface area contributed by atoms with Crippen molar-refractivity contribution in [3.8, 4) is 17.5 Å². The standard InChI is InChI=1S/C13H14N4O2/c1-8-7-11(12(14)15)17-13(16-8)19-10-5-3-9(18-2)4-6-10/h3-7H,1-2H3,(H3,14,15). The van der Waals surface area contributed by atoms with Crippen molar-refractivity contribution in [3.63, 3.8) is 0 Å². The maximum Gasteiger partial charge on any atom is 0.322 e. The number of hydrogen-bond acceptors (Lipinski definition) is 5. The fourth-order valence-electron chi connectivity index (χ4n) is 1.47. The van der Waals surface area contributed by atoms with E-state index in [4.69, 9.17) is 20.6 Å². The average molecular weight is 258 g/mol. The minimum absolute atomic E-state index is 0.120. The highest BCUT2D eigenvalue weighted by Gasteiger charge is 2.06. The van der Waals surface area contributed by atoms with E-state index in [0.29, 0.717) is 17.1 Å². The Morgan fingerprint density at radius 2 is 1.79 bits per heavy atom. The smallest absolute Gasteiger partial charge is 0.322 e. The number of ether oxygens (including phenoxy) is 2. The summed E-state index contributed by atoms with van der Waals surface area (Å²) < 4.78 is 10.6. The second-order valence-corrected chi connectivity index (χ2v) is 3.87. The van der Waals surface area contributed by atoms with Crippen molar-refractivity contribution in [2.75, 3.05) is 7.11 Å². The van der Waals surface area contributed by atoms with Gasteiger partial charge in [0.2, 0.25) is 0 Å². The maximum atomic E-state index is 7.38. The molecule has 0 aliphatic heterocycles. The summed E-state index contributed by atoms with van der Waals surface area (Å²) in [5.41, 5.74) is 6.43. The van der Waals surface area contributed by atoms with Gasteiger partial charge in [0.25, 0.3) is 0 Å². The van der Waals surface area contributed by atoms with Crippen LogP contribution in [0.15, 0.2) is 30.3 Å². The molecule has 6 heteroatoms. The minimum Gasteiger partial charge on any atom is -0.497 e. The number of nitrogens with two attached hydrogens (primary N) is 1. The summed E-state index contributed by atoms with van der Waals surface area (Å²) in [5.74, 6) is 1.20. The molecule has 2 rings (SSSR count). The number of nitrogens with one attached hydrogen (secondary N) is 1. The molecule has 0 aliphatic carbocycles. The van der Waals surface area contributed by atoms with Gasteiger partial charge in [0.1, 0.15) is 23.0 Å². The zero-order valence-electron chi connectivity index (χ0n) is 10.7. The molecule has 0 saturated heterocycles. The summed E-state index contributed by atoms with van der Waals surface area (Å²) in [7, 11) is 1.60. The first-order chi connectivity index (χ1) is 9.08. The van der Waals surface area contributed by atoms with Crippen molar-refractivity contribution in [2.24, 2.45) is 5.73 Å². The van der Waals surface area contributed by atoms with Gasteiger partial charge in [-0.3, -0.25) is 5.41 Å². The molecule has 0 bridgehead atoms. The van der Waals surface area contributed by atoms with Crippen molar-refractivity contribution in [3.05, 3.63) is 41.7 Å². The molecule has 1 aromatic carbocycles. The molecule has 0 spiro atoms. The van der Waals surface area contributed by atoms with Gasteiger partial charge in [0.05, 0.1) is 7.11 Å². The van der Waals surface area contributed by atoms with Gasteiger partial charge in [-0.05, 0) is 37.3 Å². The van der Waals surface area contributed by atoms with Crippen molar-refractivity contribution in [2.45, 2.75) is 6.92 Å². The fourth-order valence-corrected chi connectivity index (χ4v) is 1.47. The van der Waals surface area contributed by atoms with E-state index in [0.717, 1.165) is 5.75 Å². The molecule has 3 N–H and O–H groups in total. The number of rotatable bonds is 4. The third kappa shape index (κ3) is 3.19. The van der Waals surface area contributed by atoms with E-state index in [-0.39, 0.29) is 11.8 Å². The lowest BCUT2D eigenvalue weighted by Crippen LogP contribution is -2.14. The van der Waals surface area contributed by atoms with E-state index in [1.165, 1.54) is 0 Å². The van der Waals surface area contributed by atoms with E-state index in [1.807, 2.05) is 0 Å². The quantitative estimate of drug-likeness (QED) is 0.645.